The number of carbonyl (C=O) groups is 1. The molecule has 0 aliphatic heterocycles. The summed E-state index contributed by atoms with van der Waals surface area (Å²) in [6.07, 6.45) is 0.609. The quantitative estimate of drug-likeness (QED) is 0.632. The van der Waals surface area contributed by atoms with Gasteiger partial charge in [-0.05, 0) is 13.3 Å². The van der Waals surface area contributed by atoms with Crippen molar-refractivity contribution >= 4 is 5.97 Å². The van der Waals surface area contributed by atoms with Gasteiger partial charge in [0.2, 0.25) is 0 Å². The first kappa shape index (κ1) is 16.3. The highest BCUT2D eigenvalue weighted by atomic mass is 16.5. The molecule has 0 fully saturated rings. The number of rotatable bonds is 9. The summed E-state index contributed by atoms with van der Waals surface area (Å²) in [5.41, 5.74) is 0.726. The molecule has 0 unspecified atom stereocenters. The zero-order valence-corrected chi connectivity index (χ0v) is 11.8. The van der Waals surface area contributed by atoms with E-state index >= 15 is 0 Å². The van der Waals surface area contributed by atoms with Gasteiger partial charge in [0, 0.05) is 31.2 Å². The Kier molecular flexibility index (Phi) is 6.89. The van der Waals surface area contributed by atoms with Crippen LogP contribution in [0.25, 0.3) is 0 Å². The second-order valence-corrected chi connectivity index (χ2v) is 4.33. The predicted octanol–water partition coefficient (Wildman–Crippen LogP) is 0.301. The molecule has 1 aromatic rings. The molecule has 0 amide bonds. The van der Waals surface area contributed by atoms with Crippen LogP contribution in [0.3, 0.4) is 0 Å². The van der Waals surface area contributed by atoms with Gasteiger partial charge in [-0.25, -0.2) is 4.98 Å². The highest BCUT2D eigenvalue weighted by Gasteiger charge is 2.10. The van der Waals surface area contributed by atoms with Gasteiger partial charge in [-0.2, -0.15) is 0 Å². The van der Waals surface area contributed by atoms with Gasteiger partial charge in [-0.1, -0.05) is 0 Å². The van der Waals surface area contributed by atoms with Gasteiger partial charge in [0.1, 0.15) is 5.82 Å². The van der Waals surface area contributed by atoms with E-state index in [4.69, 9.17) is 14.6 Å². The van der Waals surface area contributed by atoms with E-state index in [1.807, 2.05) is 0 Å². The fourth-order valence-electron chi connectivity index (χ4n) is 1.73. The molecule has 0 saturated heterocycles. The first-order chi connectivity index (χ1) is 9.54. The third-order valence-corrected chi connectivity index (χ3v) is 2.78. The Balaban J connectivity index is 2.59. The monoisotopic (exact) mass is 284 g/mol. The lowest BCUT2D eigenvalue weighted by molar-refractivity contribution is -0.136. The van der Waals surface area contributed by atoms with Gasteiger partial charge >= 0.3 is 5.97 Å². The molecule has 0 aliphatic rings. The molecule has 0 bridgehead atoms. The van der Waals surface area contributed by atoms with E-state index in [2.05, 4.69) is 9.97 Å². The smallest absolute Gasteiger partial charge is 0.303 e. The maximum atomic E-state index is 11.9. The average molecular weight is 284 g/mol. The molecule has 0 aliphatic carbocycles. The largest absolute Gasteiger partial charge is 0.481 e. The van der Waals surface area contributed by atoms with Crippen molar-refractivity contribution in [3.63, 3.8) is 0 Å². The Labute approximate surface area is 116 Å². The van der Waals surface area contributed by atoms with Crippen LogP contribution in [-0.2, 0) is 27.1 Å². The number of nitrogens with zero attached hydrogens (tertiary/aromatic N) is 1. The maximum Gasteiger partial charge on any atom is 0.303 e. The summed E-state index contributed by atoms with van der Waals surface area (Å²) in [4.78, 5) is 29.3. The number of hydrogen-bond acceptors (Lipinski definition) is 5. The summed E-state index contributed by atoms with van der Waals surface area (Å²) in [5.74, 6) is -0.386. The minimum atomic E-state index is -0.931. The first-order valence-corrected chi connectivity index (χ1v) is 6.41. The van der Waals surface area contributed by atoms with Gasteiger partial charge in [0.25, 0.3) is 5.56 Å². The molecule has 112 valence electrons. The number of carboxylic acids is 1. The number of aromatic amines is 1. The van der Waals surface area contributed by atoms with Gasteiger partial charge in [0.15, 0.2) is 0 Å². The standard InChI is InChI=1S/C13H20N2O5/c1-9-10(3-4-12(16)17)13(18)15-11(14-9)5-6-20-8-7-19-2/h3-8H2,1-2H3,(H,16,17)(H,14,15,18). The number of methoxy groups -OCH3 is 1. The van der Waals surface area contributed by atoms with Crippen molar-refractivity contribution in [1.82, 2.24) is 9.97 Å². The molecule has 0 atom stereocenters. The summed E-state index contributed by atoms with van der Waals surface area (Å²) in [5, 5.41) is 8.64. The van der Waals surface area contributed by atoms with Gasteiger partial charge < -0.3 is 19.6 Å². The molecule has 1 aromatic heterocycles. The molecular formula is C13H20N2O5. The predicted molar refractivity (Wildman–Crippen MR) is 72.0 cm³/mol. The highest BCUT2D eigenvalue weighted by molar-refractivity contribution is 5.67. The SMILES string of the molecule is COCCOCCc1nc(C)c(CCC(=O)O)c(=O)[nH]1. The molecule has 1 heterocycles. The molecule has 0 aromatic carbocycles. The molecule has 7 heteroatoms. The Morgan fingerprint density at radius 3 is 2.65 bits per heavy atom. The van der Waals surface area contributed by atoms with E-state index in [9.17, 15) is 9.59 Å². The van der Waals surface area contributed by atoms with E-state index in [1.54, 1.807) is 14.0 Å². The van der Waals surface area contributed by atoms with E-state index in [-0.39, 0.29) is 18.4 Å². The number of ether oxygens (including phenoxy) is 2. The van der Waals surface area contributed by atoms with Gasteiger partial charge in [-0.15, -0.1) is 0 Å². The number of aliphatic carboxylic acids is 1. The molecule has 2 N–H and O–H groups in total. The number of H-pyrrole nitrogens is 1. The van der Waals surface area contributed by atoms with Crippen LogP contribution >= 0.6 is 0 Å². The maximum absolute atomic E-state index is 11.9. The average Bonchev–Trinajstić information content (AvgIpc) is 2.37. The zero-order valence-electron chi connectivity index (χ0n) is 11.8. The van der Waals surface area contributed by atoms with Crippen LogP contribution in [0.2, 0.25) is 0 Å². The van der Waals surface area contributed by atoms with Crippen molar-refractivity contribution in [2.45, 2.75) is 26.2 Å². The lowest BCUT2D eigenvalue weighted by Crippen LogP contribution is -2.21. The van der Waals surface area contributed by atoms with Crippen LogP contribution in [0.1, 0.15) is 23.5 Å². The number of carboxylic acid groups (broad SMARTS) is 1. The topological polar surface area (TPSA) is 102 Å². The van der Waals surface area contributed by atoms with E-state index in [0.717, 1.165) is 0 Å². The molecular weight excluding hydrogens is 264 g/mol. The van der Waals surface area contributed by atoms with Crippen LogP contribution in [0.4, 0.5) is 0 Å². The van der Waals surface area contributed by atoms with Gasteiger partial charge in [0.05, 0.1) is 19.8 Å². The van der Waals surface area contributed by atoms with Crippen molar-refractivity contribution in [2.75, 3.05) is 26.9 Å². The summed E-state index contributed by atoms with van der Waals surface area (Å²) in [6, 6.07) is 0. The van der Waals surface area contributed by atoms with E-state index in [0.29, 0.717) is 43.3 Å². The number of aryl methyl sites for hydroxylation is 1. The highest BCUT2D eigenvalue weighted by Crippen LogP contribution is 2.03. The second-order valence-electron chi connectivity index (χ2n) is 4.33. The van der Waals surface area contributed by atoms with Crippen LogP contribution in [0, 0.1) is 6.92 Å². The first-order valence-electron chi connectivity index (χ1n) is 6.41. The summed E-state index contributed by atoms with van der Waals surface area (Å²) in [7, 11) is 1.60. The number of hydrogen-bond donors (Lipinski definition) is 2. The lowest BCUT2D eigenvalue weighted by atomic mass is 10.1. The third kappa shape index (κ3) is 5.50. The molecule has 20 heavy (non-hydrogen) atoms. The lowest BCUT2D eigenvalue weighted by Gasteiger charge is -2.07. The third-order valence-electron chi connectivity index (χ3n) is 2.78. The van der Waals surface area contributed by atoms with Crippen molar-refractivity contribution < 1.29 is 19.4 Å². The van der Waals surface area contributed by atoms with Crippen molar-refractivity contribution in [1.29, 1.82) is 0 Å². The minimum Gasteiger partial charge on any atom is -0.481 e. The normalized spacial score (nSPS) is 10.7. The van der Waals surface area contributed by atoms with Crippen LogP contribution in [0.15, 0.2) is 4.79 Å². The zero-order chi connectivity index (χ0) is 15.0. The number of aromatic nitrogens is 2. The van der Waals surface area contributed by atoms with Crippen molar-refractivity contribution in [3.05, 3.63) is 27.4 Å². The number of nitrogens with one attached hydrogen (secondary N) is 1. The Morgan fingerprint density at radius 2 is 2.05 bits per heavy atom. The van der Waals surface area contributed by atoms with Crippen LogP contribution < -0.4 is 5.56 Å². The fourth-order valence-corrected chi connectivity index (χ4v) is 1.73. The van der Waals surface area contributed by atoms with Crippen molar-refractivity contribution in [3.8, 4) is 0 Å². The molecule has 0 spiro atoms. The second kappa shape index (κ2) is 8.44. The van der Waals surface area contributed by atoms with E-state index < -0.39 is 5.97 Å². The van der Waals surface area contributed by atoms with Crippen LogP contribution in [0.5, 0.6) is 0 Å². The molecule has 0 saturated carbocycles. The summed E-state index contributed by atoms with van der Waals surface area (Å²) in [6.45, 7) is 3.18. The summed E-state index contributed by atoms with van der Waals surface area (Å²) < 4.78 is 10.2. The Morgan fingerprint density at radius 1 is 1.30 bits per heavy atom. The van der Waals surface area contributed by atoms with Crippen molar-refractivity contribution in [2.24, 2.45) is 0 Å². The Hall–Kier alpha value is -1.73. The summed E-state index contributed by atoms with van der Waals surface area (Å²) >= 11 is 0. The van der Waals surface area contributed by atoms with E-state index in [1.165, 1.54) is 0 Å². The van der Waals surface area contributed by atoms with Gasteiger partial charge in [-0.3, -0.25) is 9.59 Å². The molecule has 1 rings (SSSR count). The molecule has 7 nitrogen and oxygen atoms in total. The minimum absolute atomic E-state index is 0.0783. The fraction of sp³-hybridized carbons (Fsp3) is 0.615. The Bertz CT molecular complexity index is 498. The molecule has 0 radical (unpaired) electrons. The van der Waals surface area contributed by atoms with Crippen LogP contribution in [-0.4, -0.2) is 48.0 Å².